The second-order valence-corrected chi connectivity index (χ2v) is 4.13. The molecule has 0 aliphatic carbocycles. The molecule has 100 valence electrons. The smallest absolute Gasteiger partial charge is 0.234 e. The van der Waals surface area contributed by atoms with Gasteiger partial charge in [-0.1, -0.05) is 44.2 Å². The first-order chi connectivity index (χ1) is 8.54. The summed E-state index contributed by atoms with van der Waals surface area (Å²) in [5.74, 6) is -0.621. The minimum absolute atomic E-state index is 0.184. The molecule has 1 N–H and O–H groups in total. The highest BCUT2D eigenvalue weighted by molar-refractivity contribution is 6.00. The third kappa shape index (κ3) is 5.13. The third-order valence-electron chi connectivity index (χ3n) is 2.41. The molecular weight excluding hydrogens is 226 g/mol. The van der Waals surface area contributed by atoms with E-state index in [0.29, 0.717) is 12.8 Å². The summed E-state index contributed by atoms with van der Waals surface area (Å²) in [6, 6.07) is 0. The highest BCUT2D eigenvalue weighted by Gasteiger charge is 2.28. The number of nitrogens with one attached hydrogen (secondary N) is 1. The summed E-state index contributed by atoms with van der Waals surface area (Å²) < 4.78 is 0. The van der Waals surface area contributed by atoms with Gasteiger partial charge in [-0.25, -0.2) is 0 Å². The van der Waals surface area contributed by atoms with Crippen molar-refractivity contribution >= 4 is 11.8 Å². The first-order valence-corrected chi connectivity index (χ1v) is 6.36. The number of hydrogen-bond acceptors (Lipinski definition) is 2. The van der Waals surface area contributed by atoms with Crippen molar-refractivity contribution in [1.29, 1.82) is 0 Å². The standard InChI is InChI=1S/C13H17NO2.C2H6/c1-4-5-10(8-9(2)3)11-6-7-12(15)14-13(11)16;1-2/h4-5,8,11H,1,6-7H2,2-3H3,(H,14,15,16);1-2H3/b10-5+;. The summed E-state index contributed by atoms with van der Waals surface area (Å²) >= 11 is 0. The van der Waals surface area contributed by atoms with E-state index in [1.807, 2.05) is 39.8 Å². The number of imide groups is 1. The van der Waals surface area contributed by atoms with Crippen LogP contribution in [0.25, 0.3) is 0 Å². The first-order valence-electron chi connectivity index (χ1n) is 6.36. The SMILES string of the molecule is C=C/C=C(\C=C(C)C)C1CCC(=O)NC1=O.CC. The fourth-order valence-electron chi connectivity index (χ4n) is 1.75. The fraction of sp³-hybridized carbons (Fsp3) is 0.467. The maximum atomic E-state index is 11.7. The third-order valence-corrected chi connectivity index (χ3v) is 2.41. The molecule has 0 saturated carbocycles. The summed E-state index contributed by atoms with van der Waals surface area (Å²) in [5.41, 5.74) is 2.04. The largest absolute Gasteiger partial charge is 0.296 e. The molecule has 0 aromatic rings. The molecule has 1 fully saturated rings. The van der Waals surface area contributed by atoms with Gasteiger partial charge in [0.05, 0.1) is 5.92 Å². The van der Waals surface area contributed by atoms with Crippen molar-refractivity contribution in [2.75, 3.05) is 0 Å². The van der Waals surface area contributed by atoms with Gasteiger partial charge in [-0.3, -0.25) is 14.9 Å². The monoisotopic (exact) mass is 249 g/mol. The van der Waals surface area contributed by atoms with E-state index in [1.165, 1.54) is 0 Å². The van der Waals surface area contributed by atoms with Crippen molar-refractivity contribution in [3.63, 3.8) is 0 Å². The molecule has 1 atom stereocenters. The van der Waals surface area contributed by atoms with Gasteiger partial charge in [0.2, 0.25) is 11.8 Å². The zero-order valence-electron chi connectivity index (χ0n) is 11.7. The maximum absolute atomic E-state index is 11.7. The topological polar surface area (TPSA) is 46.2 Å². The number of hydrogen-bond donors (Lipinski definition) is 1. The maximum Gasteiger partial charge on any atom is 0.234 e. The van der Waals surface area contributed by atoms with E-state index in [4.69, 9.17) is 0 Å². The Bertz CT molecular complexity index is 374. The van der Waals surface area contributed by atoms with Crippen LogP contribution in [0.1, 0.15) is 40.5 Å². The molecule has 0 aromatic heterocycles. The molecule has 1 aliphatic rings. The summed E-state index contributed by atoms with van der Waals surface area (Å²) in [6.07, 6.45) is 6.43. The average Bonchev–Trinajstić information content (AvgIpc) is 2.30. The van der Waals surface area contributed by atoms with Crippen LogP contribution in [0.2, 0.25) is 0 Å². The molecule has 1 heterocycles. The van der Waals surface area contributed by atoms with E-state index in [9.17, 15) is 9.59 Å². The second-order valence-electron chi connectivity index (χ2n) is 4.13. The van der Waals surface area contributed by atoms with E-state index < -0.39 is 0 Å². The van der Waals surface area contributed by atoms with Gasteiger partial charge in [0.25, 0.3) is 0 Å². The van der Waals surface area contributed by atoms with E-state index in [-0.39, 0.29) is 17.7 Å². The van der Waals surface area contributed by atoms with Crippen LogP contribution < -0.4 is 5.32 Å². The van der Waals surface area contributed by atoms with Gasteiger partial charge in [-0.05, 0) is 25.8 Å². The van der Waals surface area contributed by atoms with Crippen LogP contribution in [0.15, 0.2) is 36.0 Å². The van der Waals surface area contributed by atoms with Crippen molar-refractivity contribution in [3.05, 3.63) is 36.0 Å². The fourth-order valence-corrected chi connectivity index (χ4v) is 1.75. The zero-order valence-corrected chi connectivity index (χ0v) is 11.7. The van der Waals surface area contributed by atoms with E-state index >= 15 is 0 Å². The Hall–Kier alpha value is -1.64. The van der Waals surface area contributed by atoms with E-state index in [2.05, 4.69) is 11.9 Å². The van der Waals surface area contributed by atoms with Crippen LogP contribution in [-0.4, -0.2) is 11.8 Å². The molecule has 3 heteroatoms. The minimum Gasteiger partial charge on any atom is -0.296 e. The lowest BCUT2D eigenvalue weighted by molar-refractivity contribution is -0.135. The minimum atomic E-state index is -0.231. The molecule has 0 aromatic carbocycles. The number of amides is 2. The molecular formula is C15H23NO2. The molecule has 1 unspecified atom stereocenters. The lowest BCUT2D eigenvalue weighted by Crippen LogP contribution is -2.41. The van der Waals surface area contributed by atoms with Crippen LogP contribution >= 0.6 is 0 Å². The van der Waals surface area contributed by atoms with Crippen LogP contribution in [0.5, 0.6) is 0 Å². The van der Waals surface area contributed by atoms with Crippen molar-refractivity contribution < 1.29 is 9.59 Å². The Labute approximate surface area is 110 Å². The summed E-state index contributed by atoms with van der Waals surface area (Å²) in [6.45, 7) is 11.6. The lowest BCUT2D eigenvalue weighted by atomic mass is 9.89. The number of rotatable bonds is 3. The summed E-state index contributed by atoms with van der Waals surface area (Å²) in [5, 5.41) is 2.36. The Morgan fingerprint density at radius 3 is 2.39 bits per heavy atom. The molecule has 0 radical (unpaired) electrons. The van der Waals surface area contributed by atoms with Gasteiger partial charge >= 0.3 is 0 Å². The van der Waals surface area contributed by atoms with Crippen molar-refractivity contribution in [2.24, 2.45) is 5.92 Å². The number of carbonyl (C=O) groups excluding carboxylic acids is 2. The van der Waals surface area contributed by atoms with Gasteiger partial charge in [0.1, 0.15) is 0 Å². The predicted octanol–water partition coefficient (Wildman–Crippen LogP) is 3.14. The van der Waals surface area contributed by atoms with Crippen LogP contribution in [0.4, 0.5) is 0 Å². The van der Waals surface area contributed by atoms with Crippen LogP contribution in [-0.2, 0) is 9.59 Å². The predicted molar refractivity (Wildman–Crippen MR) is 74.9 cm³/mol. The van der Waals surface area contributed by atoms with E-state index in [0.717, 1.165) is 11.1 Å². The van der Waals surface area contributed by atoms with E-state index in [1.54, 1.807) is 6.08 Å². The highest BCUT2D eigenvalue weighted by atomic mass is 16.2. The Kier molecular flexibility index (Phi) is 7.68. The Morgan fingerprint density at radius 1 is 1.33 bits per heavy atom. The molecule has 3 nitrogen and oxygen atoms in total. The number of allylic oxidation sites excluding steroid dienone is 4. The number of piperidine rings is 1. The molecule has 1 saturated heterocycles. The Morgan fingerprint density at radius 2 is 1.94 bits per heavy atom. The van der Waals surface area contributed by atoms with Gasteiger partial charge < -0.3 is 0 Å². The van der Waals surface area contributed by atoms with Crippen molar-refractivity contribution in [1.82, 2.24) is 5.32 Å². The van der Waals surface area contributed by atoms with Crippen LogP contribution in [0, 0.1) is 5.92 Å². The van der Waals surface area contributed by atoms with Gasteiger partial charge in [-0.2, -0.15) is 0 Å². The molecule has 1 aliphatic heterocycles. The Balaban J connectivity index is 0.00000137. The molecule has 18 heavy (non-hydrogen) atoms. The van der Waals surface area contributed by atoms with Crippen LogP contribution in [0.3, 0.4) is 0 Å². The molecule has 1 rings (SSSR count). The lowest BCUT2D eigenvalue weighted by Gasteiger charge is -2.22. The van der Waals surface area contributed by atoms with Crippen molar-refractivity contribution in [2.45, 2.75) is 40.5 Å². The first kappa shape index (κ1) is 16.4. The van der Waals surface area contributed by atoms with Gasteiger partial charge in [0.15, 0.2) is 0 Å². The van der Waals surface area contributed by atoms with Crippen molar-refractivity contribution in [3.8, 4) is 0 Å². The summed E-state index contributed by atoms with van der Waals surface area (Å²) in [7, 11) is 0. The van der Waals surface area contributed by atoms with Gasteiger partial charge in [-0.15, -0.1) is 0 Å². The molecule has 0 spiro atoms. The quantitative estimate of drug-likeness (QED) is 0.617. The van der Waals surface area contributed by atoms with Gasteiger partial charge in [0, 0.05) is 6.42 Å². The molecule has 0 bridgehead atoms. The molecule has 2 amide bonds. The number of carbonyl (C=O) groups is 2. The summed E-state index contributed by atoms with van der Waals surface area (Å²) in [4.78, 5) is 22.7. The zero-order chi connectivity index (χ0) is 14.1. The highest BCUT2D eigenvalue weighted by Crippen LogP contribution is 2.23. The normalized spacial score (nSPS) is 19.3. The second kappa shape index (κ2) is 8.45. The average molecular weight is 249 g/mol.